The van der Waals surface area contributed by atoms with Crippen LogP contribution in [0.4, 0.5) is 0 Å². The number of carbonyl (C=O) groups is 1. The summed E-state index contributed by atoms with van der Waals surface area (Å²) in [7, 11) is 0. The second kappa shape index (κ2) is 6.69. The molecular weight excluding hydrogens is 294 g/mol. The molecule has 1 aliphatic heterocycles. The third kappa shape index (κ3) is 3.15. The lowest BCUT2D eigenvalue weighted by molar-refractivity contribution is -0.147. The lowest BCUT2D eigenvalue weighted by Gasteiger charge is -2.40. The second-order valence-corrected chi connectivity index (χ2v) is 7.88. The topological polar surface area (TPSA) is 48.0 Å². The Balaban J connectivity index is 1.40. The van der Waals surface area contributed by atoms with Gasteiger partial charge in [-0.2, -0.15) is 0 Å². The molecule has 2 unspecified atom stereocenters. The van der Waals surface area contributed by atoms with Crippen molar-refractivity contribution in [2.45, 2.75) is 32.1 Å². The fourth-order valence-corrected chi connectivity index (χ4v) is 5.61. The first-order valence-corrected chi connectivity index (χ1v) is 9.29. The Morgan fingerprint density at radius 2 is 1.30 bits per heavy atom. The fourth-order valence-electron chi connectivity index (χ4n) is 5.61. The van der Waals surface area contributed by atoms with Crippen molar-refractivity contribution in [3.63, 3.8) is 0 Å². The van der Waals surface area contributed by atoms with Gasteiger partial charge in [0.1, 0.15) is 0 Å². The molecule has 0 aromatic rings. The zero-order chi connectivity index (χ0) is 15.7. The molecule has 2 atom stereocenters. The van der Waals surface area contributed by atoms with E-state index < -0.39 is 0 Å². The first-order chi connectivity index (χ1) is 11.3. The molecule has 5 rings (SSSR count). The molecule has 4 bridgehead atoms. The van der Waals surface area contributed by atoms with E-state index in [1.54, 1.807) is 0 Å². The summed E-state index contributed by atoms with van der Waals surface area (Å²) in [6.45, 7) is 4.97. The summed E-state index contributed by atoms with van der Waals surface area (Å²) in [6, 6.07) is 0. The highest BCUT2D eigenvalue weighted by molar-refractivity contribution is 5.83. The molecular formula is C18H29NO4. The highest BCUT2D eigenvalue weighted by atomic mass is 16.5. The van der Waals surface area contributed by atoms with Crippen LogP contribution in [0.15, 0.2) is 0 Å². The molecule has 23 heavy (non-hydrogen) atoms. The van der Waals surface area contributed by atoms with E-state index in [-0.39, 0.29) is 5.41 Å². The third-order valence-electron chi connectivity index (χ3n) is 6.42. The summed E-state index contributed by atoms with van der Waals surface area (Å²) in [5, 5.41) is 0. The summed E-state index contributed by atoms with van der Waals surface area (Å²) in [4.78, 5) is 15.3. The molecule has 5 fully saturated rings. The van der Waals surface area contributed by atoms with Gasteiger partial charge in [-0.25, -0.2) is 0 Å². The Bertz CT molecular complexity index is 409. The van der Waals surface area contributed by atoms with Crippen LogP contribution in [0, 0.1) is 23.2 Å². The van der Waals surface area contributed by atoms with Gasteiger partial charge in [-0.05, 0) is 49.9 Å². The van der Waals surface area contributed by atoms with Crippen molar-refractivity contribution >= 4 is 5.91 Å². The van der Waals surface area contributed by atoms with E-state index in [0.29, 0.717) is 58.6 Å². The molecule has 130 valence electrons. The molecule has 0 spiro atoms. The highest BCUT2D eigenvalue weighted by Gasteiger charge is 2.59. The average molecular weight is 323 g/mol. The van der Waals surface area contributed by atoms with Gasteiger partial charge >= 0.3 is 0 Å². The Hall–Kier alpha value is -0.650. The summed E-state index contributed by atoms with van der Waals surface area (Å²) in [5.41, 5.74) is -0.0450. The van der Waals surface area contributed by atoms with E-state index in [1.165, 1.54) is 12.8 Å². The van der Waals surface area contributed by atoms with E-state index in [1.807, 2.05) is 4.90 Å². The largest absolute Gasteiger partial charge is 0.377 e. The standard InChI is InChI=1S/C18H29NO4/c20-17(18-11-14-9-15(12-18)16(10-14)13-18)19-1-3-21-5-7-23-8-6-22-4-2-19/h14-16H,1-13H2. The van der Waals surface area contributed by atoms with Gasteiger partial charge in [0.2, 0.25) is 5.91 Å². The maximum absolute atomic E-state index is 13.3. The quantitative estimate of drug-likeness (QED) is 0.737. The molecule has 1 amide bonds. The molecule has 5 heteroatoms. The van der Waals surface area contributed by atoms with E-state index in [9.17, 15) is 4.79 Å². The molecule has 4 aliphatic carbocycles. The minimum Gasteiger partial charge on any atom is -0.377 e. The highest BCUT2D eigenvalue weighted by Crippen LogP contribution is 2.64. The monoisotopic (exact) mass is 323 g/mol. The molecule has 0 N–H and O–H groups in total. The smallest absolute Gasteiger partial charge is 0.228 e. The Morgan fingerprint density at radius 3 is 1.83 bits per heavy atom. The number of amides is 1. The van der Waals surface area contributed by atoms with Crippen LogP contribution in [0.1, 0.15) is 32.1 Å². The van der Waals surface area contributed by atoms with Crippen molar-refractivity contribution in [2.75, 3.05) is 52.7 Å². The lowest BCUT2D eigenvalue weighted by Crippen LogP contribution is -2.48. The van der Waals surface area contributed by atoms with E-state index in [2.05, 4.69) is 0 Å². The number of carbonyl (C=O) groups excluding carboxylic acids is 1. The first kappa shape index (κ1) is 15.9. The van der Waals surface area contributed by atoms with Crippen molar-refractivity contribution in [3.8, 4) is 0 Å². The second-order valence-electron chi connectivity index (χ2n) is 7.88. The fraction of sp³-hybridized carbons (Fsp3) is 0.944. The zero-order valence-electron chi connectivity index (χ0n) is 14.0. The summed E-state index contributed by atoms with van der Waals surface area (Å²) >= 11 is 0. The van der Waals surface area contributed by atoms with Crippen molar-refractivity contribution < 1.29 is 19.0 Å². The van der Waals surface area contributed by atoms with Crippen LogP contribution in [-0.4, -0.2) is 63.5 Å². The van der Waals surface area contributed by atoms with Crippen molar-refractivity contribution in [1.82, 2.24) is 4.90 Å². The number of hydrogen-bond donors (Lipinski definition) is 0. The van der Waals surface area contributed by atoms with Crippen molar-refractivity contribution in [1.29, 1.82) is 0 Å². The normalized spacial score (nSPS) is 41.6. The van der Waals surface area contributed by atoms with Gasteiger partial charge in [0.15, 0.2) is 0 Å². The minimum absolute atomic E-state index is 0.0450. The maximum Gasteiger partial charge on any atom is 0.228 e. The number of rotatable bonds is 1. The molecule has 5 nitrogen and oxygen atoms in total. The first-order valence-electron chi connectivity index (χ1n) is 9.29. The zero-order valence-corrected chi connectivity index (χ0v) is 14.0. The molecule has 5 aliphatic rings. The van der Waals surface area contributed by atoms with Gasteiger partial charge < -0.3 is 19.1 Å². The van der Waals surface area contributed by atoms with Gasteiger partial charge in [-0.15, -0.1) is 0 Å². The number of ether oxygens (including phenoxy) is 3. The van der Waals surface area contributed by atoms with Crippen LogP contribution in [0.5, 0.6) is 0 Å². The molecule has 1 saturated heterocycles. The molecule has 0 aromatic heterocycles. The lowest BCUT2D eigenvalue weighted by atomic mass is 9.68. The van der Waals surface area contributed by atoms with Gasteiger partial charge in [0, 0.05) is 13.1 Å². The van der Waals surface area contributed by atoms with Crippen molar-refractivity contribution in [2.24, 2.45) is 23.2 Å². The van der Waals surface area contributed by atoms with Gasteiger partial charge in [0.05, 0.1) is 45.1 Å². The van der Waals surface area contributed by atoms with Crippen LogP contribution in [0.2, 0.25) is 0 Å². The van der Waals surface area contributed by atoms with Crippen LogP contribution < -0.4 is 0 Å². The number of nitrogens with zero attached hydrogens (tertiary/aromatic N) is 1. The predicted octanol–water partition coefficient (Wildman–Crippen LogP) is 1.70. The van der Waals surface area contributed by atoms with E-state index in [4.69, 9.17) is 14.2 Å². The average Bonchev–Trinajstić information content (AvgIpc) is 2.95. The van der Waals surface area contributed by atoms with Crippen LogP contribution >= 0.6 is 0 Å². The Morgan fingerprint density at radius 1 is 0.783 bits per heavy atom. The van der Waals surface area contributed by atoms with Gasteiger partial charge in [-0.3, -0.25) is 4.79 Å². The van der Waals surface area contributed by atoms with Crippen LogP contribution in [0.25, 0.3) is 0 Å². The molecule has 1 heterocycles. The van der Waals surface area contributed by atoms with E-state index in [0.717, 1.165) is 37.0 Å². The summed E-state index contributed by atoms with van der Waals surface area (Å²) < 4.78 is 16.6. The van der Waals surface area contributed by atoms with Crippen LogP contribution in [0.3, 0.4) is 0 Å². The summed E-state index contributed by atoms with van der Waals surface area (Å²) in [6.07, 6.45) is 6.17. The van der Waals surface area contributed by atoms with Gasteiger partial charge in [-0.1, -0.05) is 0 Å². The van der Waals surface area contributed by atoms with Crippen LogP contribution in [-0.2, 0) is 19.0 Å². The van der Waals surface area contributed by atoms with E-state index >= 15 is 0 Å². The Kier molecular flexibility index (Phi) is 4.61. The molecule has 4 saturated carbocycles. The SMILES string of the molecule is O=C(N1CCOCCOCCOCC1)C12CC3CC(C1)C(C3)C2. The number of hydrogen-bond acceptors (Lipinski definition) is 4. The molecule has 0 aromatic carbocycles. The predicted molar refractivity (Wildman–Crippen MR) is 85.0 cm³/mol. The van der Waals surface area contributed by atoms with Crippen molar-refractivity contribution in [3.05, 3.63) is 0 Å². The molecule has 0 radical (unpaired) electrons. The maximum atomic E-state index is 13.3. The Labute approximate surface area is 138 Å². The third-order valence-corrected chi connectivity index (χ3v) is 6.42. The van der Waals surface area contributed by atoms with Gasteiger partial charge in [0.25, 0.3) is 0 Å². The minimum atomic E-state index is -0.0450. The summed E-state index contributed by atoms with van der Waals surface area (Å²) in [5.74, 6) is 2.85.